The average Bonchev–Trinajstić information content (AvgIpc) is 2.83. The molecule has 0 unspecified atom stereocenters. The molecule has 4 nitrogen and oxygen atoms in total. The van der Waals surface area contributed by atoms with E-state index < -0.39 is 0 Å². The zero-order valence-electron chi connectivity index (χ0n) is 20.5. The number of esters is 2. The van der Waals surface area contributed by atoms with Crippen LogP contribution in [0.3, 0.4) is 0 Å². The predicted octanol–water partition coefficient (Wildman–Crippen LogP) is 7.02. The second-order valence-electron chi connectivity index (χ2n) is 9.59. The van der Waals surface area contributed by atoms with Gasteiger partial charge in [0.15, 0.2) is 0 Å². The van der Waals surface area contributed by atoms with Crippen molar-refractivity contribution in [2.45, 2.75) is 65.2 Å². The van der Waals surface area contributed by atoms with Gasteiger partial charge in [-0.2, -0.15) is 0 Å². The molecule has 0 heterocycles. The second kappa shape index (κ2) is 12.4. The minimum atomic E-state index is -0.384. The molecule has 180 valence electrons. The molecule has 0 bridgehead atoms. The van der Waals surface area contributed by atoms with Crippen LogP contribution < -0.4 is 9.47 Å². The fourth-order valence-electron chi connectivity index (χ4n) is 4.39. The summed E-state index contributed by atoms with van der Waals surface area (Å²) < 4.78 is 10.5. The van der Waals surface area contributed by atoms with Gasteiger partial charge in [-0.25, -0.2) is 9.59 Å². The Balaban J connectivity index is 1.34. The van der Waals surface area contributed by atoms with Gasteiger partial charge in [-0.05, 0) is 86.8 Å². The summed E-state index contributed by atoms with van der Waals surface area (Å²) in [6, 6.07) is 15.7. The van der Waals surface area contributed by atoms with E-state index in [1.54, 1.807) is 13.8 Å². The van der Waals surface area contributed by atoms with Gasteiger partial charge in [0.1, 0.15) is 11.5 Å². The largest absolute Gasteiger partial charge is 0.423 e. The highest BCUT2D eigenvalue weighted by Crippen LogP contribution is 2.34. The SMILES string of the molecule is C=C(C)C(=O)Oc1ccc(CCC2CCC(CCc3ccc(OC(=O)C(=C)C)cc3)CC2)cc1. The molecule has 0 spiro atoms. The molecule has 0 atom stereocenters. The Kier molecular flexibility index (Phi) is 9.26. The summed E-state index contributed by atoms with van der Waals surface area (Å²) in [6.45, 7) is 10.5. The number of hydrogen-bond acceptors (Lipinski definition) is 4. The van der Waals surface area contributed by atoms with Crippen molar-refractivity contribution in [2.24, 2.45) is 11.8 Å². The molecule has 1 fully saturated rings. The molecule has 1 saturated carbocycles. The first-order chi connectivity index (χ1) is 16.3. The zero-order chi connectivity index (χ0) is 24.5. The van der Waals surface area contributed by atoms with Crippen LogP contribution in [0.4, 0.5) is 0 Å². The molecule has 34 heavy (non-hydrogen) atoms. The van der Waals surface area contributed by atoms with Crippen LogP contribution in [-0.2, 0) is 22.4 Å². The monoisotopic (exact) mass is 460 g/mol. The van der Waals surface area contributed by atoms with Crippen molar-refractivity contribution in [1.29, 1.82) is 0 Å². The molecule has 3 rings (SSSR count). The summed E-state index contributed by atoms with van der Waals surface area (Å²) in [7, 11) is 0. The molecule has 2 aromatic carbocycles. The van der Waals surface area contributed by atoms with Crippen molar-refractivity contribution >= 4 is 11.9 Å². The van der Waals surface area contributed by atoms with Crippen LogP contribution >= 0.6 is 0 Å². The second-order valence-corrected chi connectivity index (χ2v) is 9.59. The van der Waals surface area contributed by atoms with Crippen LogP contribution in [0.15, 0.2) is 72.8 Å². The Morgan fingerprint density at radius 3 is 1.29 bits per heavy atom. The summed E-state index contributed by atoms with van der Waals surface area (Å²) >= 11 is 0. The Bertz CT molecular complexity index is 910. The Labute approximate surface area is 203 Å². The third-order valence-corrected chi connectivity index (χ3v) is 6.61. The number of benzene rings is 2. The van der Waals surface area contributed by atoms with E-state index in [2.05, 4.69) is 37.4 Å². The summed E-state index contributed by atoms with van der Waals surface area (Å²) in [5, 5.41) is 0. The summed E-state index contributed by atoms with van der Waals surface area (Å²) in [5.74, 6) is 1.95. The maximum absolute atomic E-state index is 11.6. The minimum Gasteiger partial charge on any atom is -0.423 e. The van der Waals surface area contributed by atoms with Gasteiger partial charge in [0.05, 0.1) is 0 Å². The first kappa shape index (κ1) is 25.5. The Morgan fingerprint density at radius 1 is 0.676 bits per heavy atom. The van der Waals surface area contributed by atoms with E-state index in [-0.39, 0.29) is 11.9 Å². The summed E-state index contributed by atoms with van der Waals surface area (Å²) in [6.07, 6.45) is 9.75. The van der Waals surface area contributed by atoms with Crippen LogP contribution in [0.25, 0.3) is 0 Å². The smallest absolute Gasteiger partial charge is 0.338 e. The zero-order valence-corrected chi connectivity index (χ0v) is 20.5. The molecule has 0 saturated heterocycles. The molecular formula is C30H36O4. The van der Waals surface area contributed by atoms with E-state index in [1.165, 1.54) is 49.7 Å². The van der Waals surface area contributed by atoms with Gasteiger partial charge in [0.2, 0.25) is 0 Å². The third-order valence-electron chi connectivity index (χ3n) is 6.61. The minimum absolute atomic E-state index is 0.384. The van der Waals surface area contributed by atoms with Crippen molar-refractivity contribution < 1.29 is 19.1 Å². The highest BCUT2D eigenvalue weighted by Gasteiger charge is 2.21. The summed E-state index contributed by atoms with van der Waals surface area (Å²) in [4.78, 5) is 23.2. The lowest BCUT2D eigenvalue weighted by Crippen LogP contribution is -2.16. The fourth-order valence-corrected chi connectivity index (χ4v) is 4.39. The van der Waals surface area contributed by atoms with Gasteiger partial charge in [-0.1, -0.05) is 63.1 Å². The van der Waals surface area contributed by atoms with Crippen molar-refractivity contribution in [3.05, 3.63) is 84.0 Å². The van der Waals surface area contributed by atoms with Crippen molar-refractivity contribution in [2.75, 3.05) is 0 Å². The van der Waals surface area contributed by atoms with Gasteiger partial charge in [-0.3, -0.25) is 0 Å². The highest BCUT2D eigenvalue weighted by atomic mass is 16.5. The molecule has 1 aliphatic carbocycles. The standard InChI is InChI=1S/C30H36O4/c1-21(2)29(31)33-27-17-13-25(14-18-27)11-9-23-5-7-24(8-6-23)10-12-26-15-19-28(20-16-26)34-30(32)22(3)4/h13-20,23-24H,1,3,5-12H2,2,4H3. The summed E-state index contributed by atoms with van der Waals surface area (Å²) in [5.41, 5.74) is 3.38. The van der Waals surface area contributed by atoms with Crippen molar-refractivity contribution in [1.82, 2.24) is 0 Å². The van der Waals surface area contributed by atoms with Gasteiger partial charge in [-0.15, -0.1) is 0 Å². The first-order valence-corrected chi connectivity index (χ1v) is 12.2. The van der Waals surface area contributed by atoms with Crippen LogP contribution in [0.1, 0.15) is 63.5 Å². The number of aryl methyl sites for hydroxylation is 2. The van der Waals surface area contributed by atoms with Crippen LogP contribution in [-0.4, -0.2) is 11.9 Å². The van der Waals surface area contributed by atoms with Gasteiger partial charge in [0.25, 0.3) is 0 Å². The van der Waals surface area contributed by atoms with E-state index in [0.29, 0.717) is 22.6 Å². The molecule has 0 aromatic heterocycles. The Hall–Kier alpha value is -3.14. The normalized spacial score (nSPS) is 17.6. The Morgan fingerprint density at radius 2 is 1.00 bits per heavy atom. The number of carbonyl (C=O) groups is 2. The number of ether oxygens (including phenoxy) is 2. The molecule has 0 radical (unpaired) electrons. The predicted molar refractivity (Wildman–Crippen MR) is 136 cm³/mol. The van der Waals surface area contributed by atoms with Crippen LogP contribution in [0, 0.1) is 11.8 Å². The van der Waals surface area contributed by atoms with E-state index in [9.17, 15) is 9.59 Å². The average molecular weight is 461 g/mol. The van der Waals surface area contributed by atoms with Crippen molar-refractivity contribution in [3.8, 4) is 11.5 Å². The molecule has 0 aliphatic heterocycles. The van der Waals surface area contributed by atoms with Gasteiger partial charge < -0.3 is 9.47 Å². The van der Waals surface area contributed by atoms with Gasteiger partial charge in [0, 0.05) is 11.1 Å². The highest BCUT2D eigenvalue weighted by molar-refractivity contribution is 5.89. The van der Waals surface area contributed by atoms with Crippen LogP contribution in [0.5, 0.6) is 11.5 Å². The van der Waals surface area contributed by atoms with E-state index in [0.717, 1.165) is 24.7 Å². The topological polar surface area (TPSA) is 52.6 Å². The molecule has 1 aliphatic rings. The third kappa shape index (κ3) is 8.02. The lowest BCUT2D eigenvalue weighted by molar-refractivity contribution is -0.130. The van der Waals surface area contributed by atoms with Crippen LogP contribution in [0.2, 0.25) is 0 Å². The molecule has 0 N–H and O–H groups in total. The lowest BCUT2D eigenvalue weighted by Gasteiger charge is -2.28. The van der Waals surface area contributed by atoms with E-state index in [1.807, 2.05) is 24.3 Å². The quantitative estimate of drug-likeness (QED) is 0.217. The molecule has 0 amide bonds. The molecule has 4 heteroatoms. The lowest BCUT2D eigenvalue weighted by atomic mass is 9.77. The van der Waals surface area contributed by atoms with E-state index in [4.69, 9.17) is 9.47 Å². The maximum Gasteiger partial charge on any atom is 0.338 e. The molecule has 2 aromatic rings. The fraction of sp³-hybridized carbons (Fsp3) is 0.400. The number of hydrogen-bond donors (Lipinski definition) is 0. The van der Waals surface area contributed by atoms with Crippen molar-refractivity contribution in [3.63, 3.8) is 0 Å². The maximum atomic E-state index is 11.6. The molecular weight excluding hydrogens is 424 g/mol. The van der Waals surface area contributed by atoms with Gasteiger partial charge >= 0.3 is 11.9 Å². The first-order valence-electron chi connectivity index (χ1n) is 12.2. The number of carbonyl (C=O) groups excluding carboxylic acids is 2. The van der Waals surface area contributed by atoms with E-state index >= 15 is 0 Å². The number of rotatable bonds is 10.